The van der Waals surface area contributed by atoms with Crippen LogP contribution in [-0.2, 0) is 0 Å². The molecule has 3 rings (SSSR count). The van der Waals surface area contributed by atoms with Crippen molar-refractivity contribution >= 4 is 5.91 Å². The number of nitrogens with zero attached hydrogens (tertiary/aromatic N) is 1. The molecule has 1 unspecified atom stereocenters. The number of carbonyl (C=O) groups excluding carboxylic acids is 1. The number of carbonyl (C=O) groups is 1. The van der Waals surface area contributed by atoms with E-state index >= 15 is 0 Å². The first-order chi connectivity index (χ1) is 13.9. The molecule has 3 nitrogen and oxygen atoms in total. The molecule has 1 N–H and O–H groups in total. The van der Waals surface area contributed by atoms with Gasteiger partial charge < -0.3 is 10.2 Å². The number of hydrogen-bond donors (Lipinski definition) is 1. The zero-order valence-electron chi connectivity index (χ0n) is 17.2. The van der Waals surface area contributed by atoms with Crippen LogP contribution >= 0.6 is 0 Å². The molecule has 0 radical (unpaired) electrons. The lowest BCUT2D eigenvalue weighted by Crippen LogP contribution is -2.31. The number of nitrogens with one attached hydrogen (secondary N) is 1. The summed E-state index contributed by atoms with van der Waals surface area (Å²) >= 11 is 0. The van der Waals surface area contributed by atoms with E-state index in [1.165, 1.54) is 18.4 Å². The normalized spacial score (nSPS) is 20.4. The van der Waals surface area contributed by atoms with Crippen LogP contribution in [0, 0.1) is 23.5 Å². The molecule has 0 heterocycles. The molecule has 0 bridgehead atoms. The standard InChI is InChI=1S/C24H30F2N2O/c1-28(2)23(18-6-4-3-5-7-18)19-10-8-17(9-11-19)12-13-27-24(29)20-14-21(25)16-22(26)15-20/h3-7,14-17,19,23H,8-13H2,1-2H3,(H,27,29). The third kappa shape index (κ3) is 5.86. The highest BCUT2D eigenvalue weighted by atomic mass is 19.1. The Morgan fingerprint density at radius 2 is 1.66 bits per heavy atom. The van der Waals surface area contributed by atoms with Crippen molar-refractivity contribution in [3.8, 4) is 0 Å². The predicted octanol–water partition coefficient (Wildman–Crippen LogP) is 5.19. The van der Waals surface area contributed by atoms with E-state index in [9.17, 15) is 13.6 Å². The van der Waals surface area contributed by atoms with Gasteiger partial charge in [0.1, 0.15) is 11.6 Å². The lowest BCUT2D eigenvalue weighted by atomic mass is 9.75. The van der Waals surface area contributed by atoms with E-state index in [2.05, 4.69) is 54.6 Å². The minimum Gasteiger partial charge on any atom is -0.352 e. The fourth-order valence-corrected chi connectivity index (χ4v) is 4.61. The van der Waals surface area contributed by atoms with Crippen molar-refractivity contribution in [3.63, 3.8) is 0 Å². The Hall–Kier alpha value is -2.27. The summed E-state index contributed by atoms with van der Waals surface area (Å²) in [6.07, 6.45) is 5.53. The number of amides is 1. The van der Waals surface area contributed by atoms with E-state index in [4.69, 9.17) is 0 Å². The number of halogens is 2. The van der Waals surface area contributed by atoms with E-state index < -0.39 is 17.5 Å². The molecule has 1 saturated carbocycles. The highest BCUT2D eigenvalue weighted by molar-refractivity contribution is 5.94. The molecule has 1 amide bonds. The molecule has 2 aromatic carbocycles. The summed E-state index contributed by atoms with van der Waals surface area (Å²) < 4.78 is 26.5. The Bertz CT molecular complexity index is 782. The van der Waals surface area contributed by atoms with Crippen molar-refractivity contribution in [2.75, 3.05) is 20.6 Å². The fraction of sp³-hybridized carbons (Fsp3) is 0.458. The van der Waals surface area contributed by atoms with E-state index in [0.29, 0.717) is 24.4 Å². The van der Waals surface area contributed by atoms with E-state index in [0.717, 1.165) is 37.5 Å². The lowest BCUT2D eigenvalue weighted by Gasteiger charge is -2.37. The minimum absolute atomic E-state index is 0.0305. The summed E-state index contributed by atoms with van der Waals surface area (Å²) in [6, 6.07) is 14.0. The highest BCUT2D eigenvalue weighted by Gasteiger charge is 2.29. The van der Waals surface area contributed by atoms with Crippen molar-refractivity contribution < 1.29 is 13.6 Å². The first-order valence-corrected chi connectivity index (χ1v) is 10.4. The molecule has 0 spiro atoms. The number of rotatable bonds is 7. The predicted molar refractivity (Wildman–Crippen MR) is 112 cm³/mol. The van der Waals surface area contributed by atoms with Crippen molar-refractivity contribution in [1.82, 2.24) is 10.2 Å². The van der Waals surface area contributed by atoms with Gasteiger partial charge in [0, 0.05) is 24.2 Å². The number of hydrogen-bond acceptors (Lipinski definition) is 2. The van der Waals surface area contributed by atoms with Crippen LogP contribution in [0.25, 0.3) is 0 Å². The van der Waals surface area contributed by atoms with Gasteiger partial charge in [-0.1, -0.05) is 43.2 Å². The smallest absolute Gasteiger partial charge is 0.251 e. The molecule has 1 atom stereocenters. The van der Waals surface area contributed by atoms with Gasteiger partial charge in [0.2, 0.25) is 0 Å². The molecule has 0 saturated heterocycles. The largest absolute Gasteiger partial charge is 0.352 e. The summed E-state index contributed by atoms with van der Waals surface area (Å²) in [5, 5.41) is 2.80. The van der Waals surface area contributed by atoms with Gasteiger partial charge in [-0.3, -0.25) is 4.79 Å². The number of benzene rings is 2. The average Bonchev–Trinajstić information content (AvgIpc) is 2.69. The molecule has 156 valence electrons. The van der Waals surface area contributed by atoms with Gasteiger partial charge in [-0.2, -0.15) is 0 Å². The molecule has 2 aromatic rings. The Morgan fingerprint density at radius 1 is 1.03 bits per heavy atom. The Labute approximate surface area is 172 Å². The van der Waals surface area contributed by atoms with Gasteiger partial charge >= 0.3 is 0 Å². The molecule has 1 aliphatic carbocycles. The SMILES string of the molecule is CN(C)C(c1ccccc1)C1CCC(CCNC(=O)c2cc(F)cc(F)c2)CC1. The van der Waals surface area contributed by atoms with Crippen molar-refractivity contribution in [2.24, 2.45) is 11.8 Å². The average molecular weight is 401 g/mol. The lowest BCUT2D eigenvalue weighted by molar-refractivity contribution is 0.0946. The van der Waals surface area contributed by atoms with Crippen LogP contribution in [-0.4, -0.2) is 31.4 Å². The third-order valence-electron chi connectivity index (χ3n) is 6.00. The second-order valence-electron chi connectivity index (χ2n) is 8.30. The molecule has 5 heteroatoms. The Kier molecular flexibility index (Phi) is 7.37. The van der Waals surface area contributed by atoms with Crippen LogP contribution in [0.2, 0.25) is 0 Å². The van der Waals surface area contributed by atoms with Gasteiger partial charge in [0.15, 0.2) is 0 Å². The van der Waals surface area contributed by atoms with Gasteiger partial charge in [0.25, 0.3) is 5.91 Å². The summed E-state index contributed by atoms with van der Waals surface area (Å²) in [5.74, 6) is -0.679. The fourth-order valence-electron chi connectivity index (χ4n) is 4.61. The molecular formula is C24H30F2N2O. The summed E-state index contributed by atoms with van der Waals surface area (Å²) in [7, 11) is 4.29. The Morgan fingerprint density at radius 3 is 2.24 bits per heavy atom. The zero-order valence-corrected chi connectivity index (χ0v) is 17.2. The van der Waals surface area contributed by atoms with Gasteiger partial charge in [-0.25, -0.2) is 8.78 Å². The van der Waals surface area contributed by atoms with Crippen molar-refractivity contribution in [1.29, 1.82) is 0 Å². The molecular weight excluding hydrogens is 370 g/mol. The van der Waals surface area contributed by atoms with Crippen LogP contribution in [0.3, 0.4) is 0 Å². The first-order valence-electron chi connectivity index (χ1n) is 10.4. The molecule has 1 aliphatic rings. The van der Waals surface area contributed by atoms with E-state index in [-0.39, 0.29) is 5.56 Å². The zero-order chi connectivity index (χ0) is 20.8. The van der Waals surface area contributed by atoms with Crippen LogP contribution in [0.5, 0.6) is 0 Å². The highest BCUT2D eigenvalue weighted by Crippen LogP contribution is 2.40. The monoisotopic (exact) mass is 400 g/mol. The topological polar surface area (TPSA) is 32.3 Å². The van der Waals surface area contributed by atoms with Crippen LogP contribution < -0.4 is 5.32 Å². The molecule has 0 aliphatic heterocycles. The summed E-state index contributed by atoms with van der Waals surface area (Å²) in [4.78, 5) is 14.4. The maximum atomic E-state index is 13.3. The molecule has 0 aromatic heterocycles. The van der Waals surface area contributed by atoms with Gasteiger partial charge in [-0.15, -0.1) is 0 Å². The van der Waals surface area contributed by atoms with E-state index in [1.54, 1.807) is 0 Å². The van der Waals surface area contributed by atoms with Crippen LogP contribution in [0.4, 0.5) is 8.78 Å². The quantitative estimate of drug-likeness (QED) is 0.693. The van der Waals surface area contributed by atoms with Crippen molar-refractivity contribution in [2.45, 2.75) is 38.1 Å². The van der Waals surface area contributed by atoms with Crippen molar-refractivity contribution in [3.05, 3.63) is 71.3 Å². The maximum absolute atomic E-state index is 13.3. The Balaban J connectivity index is 1.46. The van der Waals surface area contributed by atoms with E-state index in [1.807, 2.05) is 0 Å². The second-order valence-corrected chi connectivity index (χ2v) is 8.30. The maximum Gasteiger partial charge on any atom is 0.251 e. The van der Waals surface area contributed by atoms with Gasteiger partial charge in [0.05, 0.1) is 0 Å². The molecule has 1 fully saturated rings. The van der Waals surface area contributed by atoms with Crippen LogP contribution in [0.1, 0.15) is 54.1 Å². The van der Waals surface area contributed by atoms with Crippen LogP contribution in [0.15, 0.2) is 48.5 Å². The minimum atomic E-state index is -0.734. The molecule has 29 heavy (non-hydrogen) atoms. The van der Waals surface area contributed by atoms with Gasteiger partial charge in [-0.05, 0) is 62.9 Å². The third-order valence-corrected chi connectivity index (χ3v) is 6.00. The summed E-state index contributed by atoms with van der Waals surface area (Å²) in [5.41, 5.74) is 1.40. The second kappa shape index (κ2) is 9.97. The summed E-state index contributed by atoms with van der Waals surface area (Å²) in [6.45, 7) is 0.530. The first kappa shape index (κ1) is 21.4.